The van der Waals surface area contributed by atoms with Crippen LogP contribution in [0.15, 0.2) is 35.9 Å². The first-order valence-corrected chi connectivity index (χ1v) is 5.22. The summed E-state index contributed by atoms with van der Waals surface area (Å²) >= 11 is 5.69. The van der Waals surface area contributed by atoms with E-state index in [4.69, 9.17) is 16.3 Å². The molecule has 0 radical (unpaired) electrons. The summed E-state index contributed by atoms with van der Waals surface area (Å²) in [7, 11) is 1.66. The highest BCUT2D eigenvalue weighted by Crippen LogP contribution is 2.18. The standard InChI is InChI=1S/C12H16ClNO/c1-9(13)8-14-10(2)11-5-4-6-12(7-11)15-3/h4-7,10,14H,1,8H2,2-3H3/t10-/m0/s1. The van der Waals surface area contributed by atoms with Crippen molar-refractivity contribution < 1.29 is 4.74 Å². The largest absolute Gasteiger partial charge is 0.497 e. The van der Waals surface area contributed by atoms with E-state index < -0.39 is 0 Å². The van der Waals surface area contributed by atoms with Gasteiger partial charge in [-0.05, 0) is 24.6 Å². The number of nitrogens with one attached hydrogen (secondary N) is 1. The van der Waals surface area contributed by atoms with Gasteiger partial charge < -0.3 is 10.1 Å². The summed E-state index contributed by atoms with van der Waals surface area (Å²) in [4.78, 5) is 0. The van der Waals surface area contributed by atoms with Crippen molar-refractivity contribution in [2.75, 3.05) is 13.7 Å². The third-order valence-corrected chi connectivity index (χ3v) is 2.33. The number of rotatable bonds is 5. The van der Waals surface area contributed by atoms with Crippen molar-refractivity contribution in [2.45, 2.75) is 13.0 Å². The molecule has 0 saturated heterocycles. The highest BCUT2D eigenvalue weighted by atomic mass is 35.5. The van der Waals surface area contributed by atoms with Gasteiger partial charge in [-0.3, -0.25) is 0 Å². The van der Waals surface area contributed by atoms with Crippen molar-refractivity contribution in [3.05, 3.63) is 41.4 Å². The first kappa shape index (κ1) is 12.1. The molecule has 0 aliphatic heterocycles. The van der Waals surface area contributed by atoms with E-state index in [1.807, 2.05) is 18.2 Å². The number of halogens is 1. The van der Waals surface area contributed by atoms with Crippen molar-refractivity contribution in [3.63, 3.8) is 0 Å². The molecule has 0 aliphatic carbocycles. The van der Waals surface area contributed by atoms with E-state index in [0.717, 1.165) is 5.75 Å². The van der Waals surface area contributed by atoms with Crippen LogP contribution in [0.4, 0.5) is 0 Å². The highest BCUT2D eigenvalue weighted by Gasteiger charge is 2.05. The minimum atomic E-state index is 0.232. The molecule has 1 N–H and O–H groups in total. The fourth-order valence-electron chi connectivity index (χ4n) is 1.29. The third kappa shape index (κ3) is 3.94. The molecule has 0 spiro atoms. The molecule has 0 saturated carbocycles. The topological polar surface area (TPSA) is 21.3 Å². The Morgan fingerprint density at radius 2 is 2.33 bits per heavy atom. The average molecular weight is 226 g/mol. The van der Waals surface area contributed by atoms with Gasteiger partial charge in [0, 0.05) is 17.6 Å². The van der Waals surface area contributed by atoms with Gasteiger partial charge in [-0.2, -0.15) is 0 Å². The fraction of sp³-hybridized carbons (Fsp3) is 0.333. The molecule has 0 aliphatic rings. The molecule has 1 aromatic rings. The van der Waals surface area contributed by atoms with Crippen LogP contribution in [0, 0.1) is 0 Å². The van der Waals surface area contributed by atoms with Crippen LogP contribution in [-0.4, -0.2) is 13.7 Å². The summed E-state index contributed by atoms with van der Waals surface area (Å²) in [5.74, 6) is 0.867. The molecule has 1 rings (SSSR count). The van der Waals surface area contributed by atoms with Crippen molar-refractivity contribution >= 4 is 11.6 Å². The first-order chi connectivity index (χ1) is 7.13. The molecule has 0 amide bonds. The van der Waals surface area contributed by atoms with E-state index in [-0.39, 0.29) is 6.04 Å². The van der Waals surface area contributed by atoms with Crippen molar-refractivity contribution in [1.82, 2.24) is 5.32 Å². The maximum atomic E-state index is 5.69. The molecule has 1 atom stereocenters. The van der Waals surface area contributed by atoms with Gasteiger partial charge in [0.1, 0.15) is 5.75 Å². The van der Waals surface area contributed by atoms with E-state index in [9.17, 15) is 0 Å². The lowest BCUT2D eigenvalue weighted by Crippen LogP contribution is -2.19. The maximum absolute atomic E-state index is 5.69. The van der Waals surface area contributed by atoms with Gasteiger partial charge in [0.15, 0.2) is 0 Å². The lowest BCUT2D eigenvalue weighted by atomic mass is 10.1. The van der Waals surface area contributed by atoms with Crippen molar-refractivity contribution in [1.29, 1.82) is 0 Å². The monoisotopic (exact) mass is 225 g/mol. The van der Waals surface area contributed by atoms with Crippen LogP contribution >= 0.6 is 11.6 Å². The van der Waals surface area contributed by atoms with Crippen molar-refractivity contribution in [3.8, 4) is 5.75 Å². The summed E-state index contributed by atoms with van der Waals surface area (Å²) in [5.41, 5.74) is 1.17. The lowest BCUT2D eigenvalue weighted by Gasteiger charge is -2.14. The molecule has 82 valence electrons. The Bertz CT molecular complexity index is 338. The predicted octanol–water partition coefficient (Wildman–Crippen LogP) is 3.10. The van der Waals surface area contributed by atoms with E-state index >= 15 is 0 Å². The van der Waals surface area contributed by atoms with Crippen LogP contribution in [0.25, 0.3) is 0 Å². The van der Waals surface area contributed by atoms with Gasteiger partial charge in [-0.1, -0.05) is 30.3 Å². The molecule has 15 heavy (non-hydrogen) atoms. The number of hydrogen-bond acceptors (Lipinski definition) is 2. The summed E-state index contributed by atoms with van der Waals surface area (Å²) in [6, 6.07) is 8.19. The van der Waals surface area contributed by atoms with Gasteiger partial charge in [-0.25, -0.2) is 0 Å². The SMILES string of the molecule is C=C(Cl)CN[C@@H](C)c1cccc(OC)c1. The normalized spacial score (nSPS) is 12.2. The molecule has 0 unspecified atom stereocenters. The summed E-state index contributed by atoms with van der Waals surface area (Å²) in [6.45, 7) is 6.32. The maximum Gasteiger partial charge on any atom is 0.119 e. The van der Waals surface area contributed by atoms with E-state index in [2.05, 4.69) is 24.9 Å². The first-order valence-electron chi connectivity index (χ1n) is 4.84. The lowest BCUT2D eigenvalue weighted by molar-refractivity contribution is 0.413. The van der Waals surface area contributed by atoms with Gasteiger partial charge in [-0.15, -0.1) is 0 Å². The quantitative estimate of drug-likeness (QED) is 0.832. The minimum Gasteiger partial charge on any atom is -0.497 e. The summed E-state index contributed by atoms with van der Waals surface area (Å²) in [6.07, 6.45) is 0. The second kappa shape index (κ2) is 5.79. The molecular formula is C12H16ClNO. The average Bonchev–Trinajstić information content (AvgIpc) is 2.26. The number of benzene rings is 1. The minimum absolute atomic E-state index is 0.232. The number of methoxy groups -OCH3 is 1. The second-order valence-electron chi connectivity index (χ2n) is 3.40. The van der Waals surface area contributed by atoms with Gasteiger partial charge in [0.05, 0.1) is 7.11 Å². The highest BCUT2D eigenvalue weighted by molar-refractivity contribution is 6.29. The Kier molecular flexibility index (Phi) is 4.66. The molecular weight excluding hydrogens is 210 g/mol. The Labute approximate surface area is 95.9 Å². The molecule has 0 fully saturated rings. The Balaban J connectivity index is 2.64. The zero-order valence-corrected chi connectivity index (χ0v) is 9.84. The van der Waals surface area contributed by atoms with Gasteiger partial charge in [0.25, 0.3) is 0 Å². The van der Waals surface area contributed by atoms with Crippen LogP contribution in [0.3, 0.4) is 0 Å². The Morgan fingerprint density at radius 1 is 1.60 bits per heavy atom. The predicted molar refractivity (Wildman–Crippen MR) is 64.4 cm³/mol. The molecule has 0 bridgehead atoms. The van der Waals surface area contributed by atoms with Crippen LogP contribution < -0.4 is 10.1 Å². The number of hydrogen-bond donors (Lipinski definition) is 1. The molecule has 2 nitrogen and oxygen atoms in total. The van der Waals surface area contributed by atoms with Crippen LogP contribution in [0.2, 0.25) is 0 Å². The van der Waals surface area contributed by atoms with Gasteiger partial charge in [0.2, 0.25) is 0 Å². The molecule has 3 heteroatoms. The van der Waals surface area contributed by atoms with E-state index in [1.54, 1.807) is 7.11 Å². The van der Waals surface area contributed by atoms with Crippen LogP contribution in [0.1, 0.15) is 18.5 Å². The second-order valence-corrected chi connectivity index (χ2v) is 3.93. The Morgan fingerprint density at radius 3 is 2.93 bits per heavy atom. The van der Waals surface area contributed by atoms with E-state index in [0.29, 0.717) is 11.6 Å². The zero-order valence-electron chi connectivity index (χ0n) is 9.09. The summed E-state index contributed by atoms with van der Waals surface area (Å²) in [5, 5.41) is 3.88. The van der Waals surface area contributed by atoms with Crippen LogP contribution in [-0.2, 0) is 0 Å². The molecule has 1 aromatic carbocycles. The Hall–Kier alpha value is -0.990. The van der Waals surface area contributed by atoms with Crippen LogP contribution in [0.5, 0.6) is 5.75 Å². The molecule has 0 heterocycles. The smallest absolute Gasteiger partial charge is 0.119 e. The summed E-state index contributed by atoms with van der Waals surface area (Å²) < 4.78 is 5.16. The number of ether oxygens (including phenoxy) is 1. The molecule has 0 aromatic heterocycles. The fourth-order valence-corrected chi connectivity index (χ4v) is 1.37. The van der Waals surface area contributed by atoms with Gasteiger partial charge >= 0.3 is 0 Å². The van der Waals surface area contributed by atoms with E-state index in [1.165, 1.54) is 5.56 Å². The van der Waals surface area contributed by atoms with Crippen molar-refractivity contribution in [2.24, 2.45) is 0 Å². The zero-order chi connectivity index (χ0) is 11.3. The third-order valence-electron chi connectivity index (χ3n) is 2.19.